The monoisotopic (exact) mass is 494 g/mol. The Labute approximate surface area is 203 Å². The van der Waals surface area contributed by atoms with Crippen molar-refractivity contribution in [3.8, 4) is 0 Å². The van der Waals surface area contributed by atoms with E-state index in [4.69, 9.17) is 11.6 Å². The number of halogens is 1. The molecule has 8 nitrogen and oxygen atoms in total. The summed E-state index contributed by atoms with van der Waals surface area (Å²) in [5, 5.41) is 14.1. The molecule has 3 aromatic carbocycles. The van der Waals surface area contributed by atoms with Crippen molar-refractivity contribution in [2.24, 2.45) is 0 Å². The van der Waals surface area contributed by atoms with Crippen molar-refractivity contribution in [1.82, 2.24) is 9.55 Å². The van der Waals surface area contributed by atoms with E-state index >= 15 is 0 Å². The number of carbonyl (C=O) groups excluding carboxylic acids is 1. The van der Waals surface area contributed by atoms with Crippen molar-refractivity contribution in [2.45, 2.75) is 23.9 Å². The van der Waals surface area contributed by atoms with Crippen LogP contribution in [-0.2, 0) is 11.3 Å². The summed E-state index contributed by atoms with van der Waals surface area (Å²) >= 11 is 7.03. The Bertz CT molecular complexity index is 1440. The van der Waals surface area contributed by atoms with Crippen LogP contribution in [0.25, 0.3) is 10.9 Å². The number of anilines is 1. The SMILES string of the molecule is CCn1c(SC(C(=O)Nc2ccc(Cl)c([N+](=O)[O-])c2)c2ccccc2)nc2ccccc2c1=O. The zero-order chi connectivity index (χ0) is 24.2. The van der Waals surface area contributed by atoms with E-state index in [0.29, 0.717) is 28.2 Å². The fraction of sp³-hybridized carbons (Fsp3) is 0.125. The third kappa shape index (κ3) is 4.80. The number of thioether (sulfide) groups is 1. The second-order valence-electron chi connectivity index (χ2n) is 7.28. The van der Waals surface area contributed by atoms with Gasteiger partial charge in [-0.15, -0.1) is 0 Å². The van der Waals surface area contributed by atoms with Crippen LogP contribution in [0.2, 0.25) is 5.02 Å². The number of aromatic nitrogens is 2. The van der Waals surface area contributed by atoms with Crippen LogP contribution in [0.3, 0.4) is 0 Å². The van der Waals surface area contributed by atoms with Gasteiger partial charge in [0.1, 0.15) is 10.3 Å². The van der Waals surface area contributed by atoms with Gasteiger partial charge in [0.25, 0.3) is 11.2 Å². The van der Waals surface area contributed by atoms with E-state index in [2.05, 4.69) is 10.3 Å². The predicted octanol–water partition coefficient (Wildman–Crippen LogP) is 5.45. The van der Waals surface area contributed by atoms with Crippen molar-refractivity contribution in [3.05, 3.63) is 104 Å². The minimum atomic E-state index is -0.776. The van der Waals surface area contributed by atoms with Crippen molar-refractivity contribution < 1.29 is 9.72 Å². The molecule has 0 spiro atoms. The van der Waals surface area contributed by atoms with E-state index in [0.717, 1.165) is 11.8 Å². The minimum Gasteiger partial charge on any atom is -0.325 e. The van der Waals surface area contributed by atoms with Gasteiger partial charge in [-0.1, -0.05) is 65.8 Å². The molecule has 34 heavy (non-hydrogen) atoms. The molecule has 0 saturated carbocycles. The number of rotatable bonds is 7. The van der Waals surface area contributed by atoms with Gasteiger partial charge in [0.05, 0.1) is 15.8 Å². The molecule has 1 N–H and O–H groups in total. The van der Waals surface area contributed by atoms with E-state index in [1.807, 2.05) is 25.1 Å². The molecule has 172 valence electrons. The van der Waals surface area contributed by atoms with E-state index in [-0.39, 0.29) is 22.0 Å². The molecule has 4 rings (SSSR count). The highest BCUT2D eigenvalue weighted by atomic mass is 35.5. The van der Waals surface area contributed by atoms with Crippen LogP contribution in [0.1, 0.15) is 17.7 Å². The number of hydrogen-bond donors (Lipinski definition) is 1. The predicted molar refractivity (Wildman–Crippen MR) is 133 cm³/mol. The molecule has 0 aliphatic heterocycles. The van der Waals surface area contributed by atoms with Crippen LogP contribution in [0, 0.1) is 10.1 Å². The molecule has 0 fully saturated rings. The van der Waals surface area contributed by atoms with Gasteiger partial charge in [0.15, 0.2) is 5.16 Å². The summed E-state index contributed by atoms with van der Waals surface area (Å²) < 4.78 is 1.53. The first-order chi connectivity index (χ1) is 16.4. The third-order valence-electron chi connectivity index (χ3n) is 5.12. The van der Waals surface area contributed by atoms with Gasteiger partial charge >= 0.3 is 0 Å². The van der Waals surface area contributed by atoms with Crippen molar-refractivity contribution in [3.63, 3.8) is 0 Å². The lowest BCUT2D eigenvalue weighted by Gasteiger charge is -2.19. The molecule has 1 atom stereocenters. The summed E-state index contributed by atoms with van der Waals surface area (Å²) in [6.45, 7) is 2.22. The van der Waals surface area contributed by atoms with Crippen molar-refractivity contribution in [1.29, 1.82) is 0 Å². The Morgan fingerprint density at radius 1 is 1.15 bits per heavy atom. The number of fused-ring (bicyclic) bond motifs is 1. The number of para-hydroxylation sites is 1. The fourth-order valence-electron chi connectivity index (χ4n) is 3.46. The van der Waals surface area contributed by atoms with Gasteiger partial charge in [0, 0.05) is 18.3 Å². The average Bonchev–Trinajstić information content (AvgIpc) is 2.84. The summed E-state index contributed by atoms with van der Waals surface area (Å²) in [4.78, 5) is 41.7. The molecule has 0 radical (unpaired) electrons. The Kier molecular flexibility index (Phi) is 6.95. The van der Waals surface area contributed by atoms with Gasteiger partial charge in [-0.25, -0.2) is 4.98 Å². The van der Waals surface area contributed by atoms with Crippen LogP contribution in [0.4, 0.5) is 11.4 Å². The molecule has 1 heterocycles. The fourth-order valence-corrected chi connectivity index (χ4v) is 4.81. The normalized spacial score (nSPS) is 11.8. The molecule has 10 heteroatoms. The number of hydrogen-bond acceptors (Lipinski definition) is 6. The van der Waals surface area contributed by atoms with E-state index < -0.39 is 16.1 Å². The third-order valence-corrected chi connectivity index (χ3v) is 6.68. The lowest BCUT2D eigenvalue weighted by molar-refractivity contribution is -0.384. The van der Waals surface area contributed by atoms with Crippen LogP contribution in [0.5, 0.6) is 0 Å². The number of nitro groups is 1. The number of nitrogens with one attached hydrogen (secondary N) is 1. The van der Waals surface area contributed by atoms with Crippen LogP contribution >= 0.6 is 23.4 Å². The molecule has 1 aromatic heterocycles. The van der Waals surface area contributed by atoms with Crippen molar-refractivity contribution >= 4 is 51.5 Å². The van der Waals surface area contributed by atoms with E-state index in [9.17, 15) is 19.7 Å². The topological polar surface area (TPSA) is 107 Å². The Morgan fingerprint density at radius 2 is 1.85 bits per heavy atom. The summed E-state index contributed by atoms with van der Waals surface area (Å²) in [5.74, 6) is -0.419. The molecule has 1 unspecified atom stereocenters. The van der Waals surface area contributed by atoms with Crippen LogP contribution in [-0.4, -0.2) is 20.4 Å². The zero-order valence-electron chi connectivity index (χ0n) is 18.0. The Hall–Kier alpha value is -3.69. The summed E-state index contributed by atoms with van der Waals surface area (Å²) in [7, 11) is 0. The minimum absolute atomic E-state index is 0.0238. The average molecular weight is 495 g/mol. The van der Waals surface area contributed by atoms with E-state index in [1.165, 1.54) is 22.8 Å². The molecule has 0 aliphatic carbocycles. The summed E-state index contributed by atoms with van der Waals surface area (Å²) in [6, 6.07) is 20.2. The molecular weight excluding hydrogens is 476 g/mol. The quantitative estimate of drug-likeness (QED) is 0.158. The highest BCUT2D eigenvalue weighted by molar-refractivity contribution is 8.00. The van der Waals surface area contributed by atoms with Crippen molar-refractivity contribution in [2.75, 3.05) is 5.32 Å². The lowest BCUT2D eigenvalue weighted by Crippen LogP contribution is -2.25. The highest BCUT2D eigenvalue weighted by Gasteiger charge is 2.26. The second-order valence-corrected chi connectivity index (χ2v) is 8.76. The molecule has 0 aliphatic rings. The summed E-state index contributed by atoms with van der Waals surface area (Å²) in [5.41, 5.74) is 0.983. The molecule has 0 bridgehead atoms. The molecule has 0 saturated heterocycles. The number of nitrogens with zero attached hydrogens (tertiary/aromatic N) is 3. The molecule has 1 amide bonds. The largest absolute Gasteiger partial charge is 0.325 e. The maximum absolute atomic E-state index is 13.4. The smallest absolute Gasteiger partial charge is 0.289 e. The van der Waals surface area contributed by atoms with Gasteiger partial charge in [-0.2, -0.15) is 0 Å². The number of benzene rings is 3. The maximum Gasteiger partial charge on any atom is 0.289 e. The number of nitro benzene ring substituents is 1. The maximum atomic E-state index is 13.4. The highest BCUT2D eigenvalue weighted by Crippen LogP contribution is 2.36. The first kappa shape index (κ1) is 23.5. The number of amides is 1. The molecular formula is C24H19ClN4O4S. The lowest BCUT2D eigenvalue weighted by atomic mass is 10.1. The zero-order valence-corrected chi connectivity index (χ0v) is 19.5. The Balaban J connectivity index is 1.74. The summed E-state index contributed by atoms with van der Waals surface area (Å²) in [6.07, 6.45) is 0. The van der Waals surface area contributed by atoms with Gasteiger partial charge in [0.2, 0.25) is 5.91 Å². The first-order valence-electron chi connectivity index (χ1n) is 10.3. The van der Waals surface area contributed by atoms with Crippen LogP contribution < -0.4 is 10.9 Å². The van der Waals surface area contributed by atoms with Gasteiger partial charge < -0.3 is 5.32 Å². The number of carbonyl (C=O) groups is 1. The van der Waals surface area contributed by atoms with Gasteiger partial charge in [-0.05, 0) is 36.8 Å². The Morgan fingerprint density at radius 3 is 2.56 bits per heavy atom. The van der Waals surface area contributed by atoms with Gasteiger partial charge in [-0.3, -0.25) is 24.3 Å². The molecule has 4 aromatic rings. The standard InChI is InChI=1S/C24H19ClN4O4S/c1-2-28-23(31)17-10-6-7-11-19(17)27-24(28)34-21(15-8-4-3-5-9-15)22(30)26-16-12-13-18(25)20(14-16)29(32)33/h3-14,21H,2H2,1H3,(H,26,30). The second kappa shape index (κ2) is 10.1. The van der Waals surface area contributed by atoms with Crippen LogP contribution in [0.15, 0.2) is 82.7 Å². The van der Waals surface area contributed by atoms with E-state index in [1.54, 1.807) is 36.4 Å². The first-order valence-corrected chi connectivity index (χ1v) is 11.6.